The van der Waals surface area contributed by atoms with E-state index in [0.717, 1.165) is 12.1 Å². The molecule has 0 aromatic heterocycles. The first-order chi connectivity index (χ1) is 8.04. The maximum atomic E-state index is 13.8. The fourth-order valence-corrected chi connectivity index (χ4v) is 2.18. The van der Waals surface area contributed by atoms with Gasteiger partial charge in [0.15, 0.2) is 11.6 Å². The van der Waals surface area contributed by atoms with Crippen LogP contribution in [-0.2, 0) is 0 Å². The molecule has 2 atom stereocenters. The molecule has 0 aliphatic carbocycles. The molecule has 2 rings (SSSR count). The largest absolute Gasteiger partial charge is 0.362 e. The molecule has 1 heterocycles. The Kier molecular flexibility index (Phi) is 2.99. The SMILES string of the molecule is CC1C(N)CCN1c1c(F)cc(C#N)cc1F. The lowest BCUT2D eigenvalue weighted by atomic mass is 10.1. The summed E-state index contributed by atoms with van der Waals surface area (Å²) in [6.45, 7) is 2.37. The molecule has 2 N–H and O–H groups in total. The van der Waals surface area contributed by atoms with Gasteiger partial charge >= 0.3 is 0 Å². The van der Waals surface area contributed by atoms with Crippen molar-refractivity contribution in [2.75, 3.05) is 11.4 Å². The highest BCUT2D eigenvalue weighted by molar-refractivity contribution is 5.54. The first kappa shape index (κ1) is 11.8. The average Bonchev–Trinajstić information content (AvgIpc) is 2.60. The van der Waals surface area contributed by atoms with Crippen molar-refractivity contribution in [3.63, 3.8) is 0 Å². The molecule has 5 heteroatoms. The van der Waals surface area contributed by atoms with Crippen molar-refractivity contribution in [2.45, 2.75) is 25.4 Å². The van der Waals surface area contributed by atoms with Gasteiger partial charge in [-0.05, 0) is 25.5 Å². The zero-order valence-electron chi connectivity index (χ0n) is 9.45. The van der Waals surface area contributed by atoms with Gasteiger partial charge in [0.1, 0.15) is 5.69 Å². The van der Waals surface area contributed by atoms with Crippen molar-refractivity contribution < 1.29 is 8.78 Å². The van der Waals surface area contributed by atoms with Crippen LogP contribution in [0, 0.1) is 23.0 Å². The van der Waals surface area contributed by atoms with E-state index in [2.05, 4.69) is 0 Å². The minimum Gasteiger partial charge on any atom is -0.362 e. The number of benzene rings is 1. The van der Waals surface area contributed by atoms with Crippen LogP contribution < -0.4 is 10.6 Å². The van der Waals surface area contributed by atoms with Gasteiger partial charge in [0, 0.05) is 18.6 Å². The summed E-state index contributed by atoms with van der Waals surface area (Å²) in [7, 11) is 0. The molecule has 0 radical (unpaired) electrons. The Bertz CT molecular complexity index is 458. The number of nitrogens with zero attached hydrogens (tertiary/aromatic N) is 2. The van der Waals surface area contributed by atoms with Crippen LogP contribution in [0.4, 0.5) is 14.5 Å². The molecular weight excluding hydrogens is 224 g/mol. The van der Waals surface area contributed by atoms with E-state index < -0.39 is 11.6 Å². The second-order valence-electron chi connectivity index (χ2n) is 4.29. The van der Waals surface area contributed by atoms with E-state index in [1.807, 2.05) is 6.92 Å². The molecule has 90 valence electrons. The smallest absolute Gasteiger partial charge is 0.150 e. The highest BCUT2D eigenvalue weighted by Gasteiger charge is 2.31. The predicted molar refractivity (Wildman–Crippen MR) is 60.5 cm³/mol. The van der Waals surface area contributed by atoms with Crippen LogP contribution in [-0.4, -0.2) is 18.6 Å². The van der Waals surface area contributed by atoms with E-state index in [4.69, 9.17) is 11.0 Å². The molecule has 1 aliphatic rings. The Morgan fingerprint density at radius 3 is 2.41 bits per heavy atom. The number of nitrogens with two attached hydrogens (primary N) is 1. The van der Waals surface area contributed by atoms with Crippen LogP contribution in [0.25, 0.3) is 0 Å². The second-order valence-corrected chi connectivity index (χ2v) is 4.29. The molecule has 2 unspecified atom stereocenters. The molecule has 1 aliphatic heterocycles. The fraction of sp³-hybridized carbons (Fsp3) is 0.417. The van der Waals surface area contributed by atoms with Gasteiger partial charge in [-0.15, -0.1) is 0 Å². The molecule has 1 aromatic carbocycles. The van der Waals surface area contributed by atoms with Gasteiger partial charge in [0.25, 0.3) is 0 Å². The molecular formula is C12H13F2N3. The number of nitriles is 1. The molecule has 3 nitrogen and oxygen atoms in total. The van der Waals surface area contributed by atoms with Gasteiger partial charge in [-0.1, -0.05) is 0 Å². The number of hydrogen-bond donors (Lipinski definition) is 1. The third kappa shape index (κ3) is 1.96. The second kappa shape index (κ2) is 4.30. The van der Waals surface area contributed by atoms with Gasteiger partial charge in [-0.3, -0.25) is 0 Å². The van der Waals surface area contributed by atoms with E-state index in [0.29, 0.717) is 13.0 Å². The Morgan fingerprint density at radius 2 is 2.00 bits per heavy atom. The van der Waals surface area contributed by atoms with Gasteiger partial charge < -0.3 is 10.6 Å². The summed E-state index contributed by atoms with van der Waals surface area (Å²) in [5.74, 6) is -1.41. The summed E-state index contributed by atoms with van der Waals surface area (Å²) < 4.78 is 27.6. The Balaban J connectivity index is 2.43. The zero-order chi connectivity index (χ0) is 12.6. The van der Waals surface area contributed by atoms with Gasteiger partial charge in [0.2, 0.25) is 0 Å². The van der Waals surface area contributed by atoms with E-state index >= 15 is 0 Å². The number of anilines is 1. The molecule has 0 spiro atoms. The van der Waals surface area contributed by atoms with Crippen molar-refractivity contribution in [3.05, 3.63) is 29.3 Å². The minimum atomic E-state index is -0.706. The maximum Gasteiger partial charge on any atom is 0.150 e. The van der Waals surface area contributed by atoms with Crippen molar-refractivity contribution in [3.8, 4) is 6.07 Å². The topological polar surface area (TPSA) is 53.0 Å². The standard InChI is InChI=1S/C12H13F2N3/c1-7-11(16)2-3-17(7)12-9(13)4-8(6-15)5-10(12)14/h4-5,7,11H,2-3,16H2,1H3. The molecule has 17 heavy (non-hydrogen) atoms. The third-order valence-electron chi connectivity index (χ3n) is 3.25. The van der Waals surface area contributed by atoms with Crippen LogP contribution in [0.3, 0.4) is 0 Å². The van der Waals surface area contributed by atoms with E-state index in [-0.39, 0.29) is 23.3 Å². The van der Waals surface area contributed by atoms with Gasteiger partial charge in [-0.2, -0.15) is 5.26 Å². The van der Waals surface area contributed by atoms with Crippen LogP contribution in [0.15, 0.2) is 12.1 Å². The lowest BCUT2D eigenvalue weighted by Gasteiger charge is -2.26. The first-order valence-corrected chi connectivity index (χ1v) is 5.46. The summed E-state index contributed by atoms with van der Waals surface area (Å²) in [4.78, 5) is 1.62. The van der Waals surface area contributed by atoms with Gasteiger partial charge in [0.05, 0.1) is 11.6 Å². The number of halogens is 2. The third-order valence-corrected chi connectivity index (χ3v) is 3.25. The highest BCUT2D eigenvalue weighted by Crippen LogP contribution is 2.30. The first-order valence-electron chi connectivity index (χ1n) is 5.46. The fourth-order valence-electron chi connectivity index (χ4n) is 2.18. The van der Waals surface area contributed by atoms with E-state index in [9.17, 15) is 8.78 Å². The average molecular weight is 237 g/mol. The molecule has 1 fully saturated rings. The van der Waals surface area contributed by atoms with Crippen LogP contribution >= 0.6 is 0 Å². The Hall–Kier alpha value is -1.67. The van der Waals surface area contributed by atoms with E-state index in [1.165, 1.54) is 0 Å². The summed E-state index contributed by atoms with van der Waals surface area (Å²) in [6, 6.07) is 3.64. The molecule has 1 saturated heterocycles. The summed E-state index contributed by atoms with van der Waals surface area (Å²) in [5, 5.41) is 8.62. The number of rotatable bonds is 1. The van der Waals surface area contributed by atoms with Crippen LogP contribution in [0.2, 0.25) is 0 Å². The Morgan fingerprint density at radius 1 is 1.41 bits per heavy atom. The lowest BCUT2D eigenvalue weighted by Crippen LogP contribution is -2.37. The maximum absolute atomic E-state index is 13.8. The molecule has 0 bridgehead atoms. The summed E-state index contributed by atoms with van der Waals surface area (Å²) in [5.41, 5.74) is 5.73. The molecule has 0 saturated carbocycles. The lowest BCUT2D eigenvalue weighted by molar-refractivity contribution is 0.558. The quantitative estimate of drug-likeness (QED) is 0.809. The minimum absolute atomic E-state index is 0.0140. The van der Waals surface area contributed by atoms with Crippen molar-refractivity contribution in [1.82, 2.24) is 0 Å². The molecule has 0 amide bonds. The monoisotopic (exact) mass is 237 g/mol. The van der Waals surface area contributed by atoms with Gasteiger partial charge in [-0.25, -0.2) is 8.78 Å². The van der Waals surface area contributed by atoms with Crippen molar-refractivity contribution >= 4 is 5.69 Å². The predicted octanol–water partition coefficient (Wildman–Crippen LogP) is 1.76. The molecule has 1 aromatic rings. The Labute approximate surface area is 98.4 Å². The van der Waals surface area contributed by atoms with Crippen LogP contribution in [0.5, 0.6) is 0 Å². The normalized spacial score (nSPS) is 23.8. The zero-order valence-corrected chi connectivity index (χ0v) is 9.45. The summed E-state index contributed by atoms with van der Waals surface area (Å²) in [6.07, 6.45) is 0.708. The van der Waals surface area contributed by atoms with Crippen molar-refractivity contribution in [2.24, 2.45) is 5.73 Å². The van der Waals surface area contributed by atoms with Crippen molar-refractivity contribution in [1.29, 1.82) is 5.26 Å². The van der Waals surface area contributed by atoms with Crippen LogP contribution in [0.1, 0.15) is 18.9 Å². The number of hydrogen-bond acceptors (Lipinski definition) is 3. The highest BCUT2D eigenvalue weighted by atomic mass is 19.1. The van der Waals surface area contributed by atoms with E-state index in [1.54, 1.807) is 11.0 Å². The summed E-state index contributed by atoms with van der Waals surface area (Å²) >= 11 is 0.